The van der Waals surface area contributed by atoms with Crippen LogP contribution in [-0.2, 0) is 21.2 Å². The van der Waals surface area contributed by atoms with E-state index in [0.29, 0.717) is 22.1 Å². The number of aliphatic carboxylic acids is 1. The van der Waals surface area contributed by atoms with Crippen molar-refractivity contribution in [3.05, 3.63) is 89.4 Å². The van der Waals surface area contributed by atoms with Crippen LogP contribution in [0.2, 0.25) is 5.02 Å². The number of rotatable bonds is 8. The van der Waals surface area contributed by atoms with Crippen molar-refractivity contribution in [2.45, 2.75) is 17.4 Å². The first-order chi connectivity index (χ1) is 13.8. The average molecular weight is 432 g/mol. The van der Waals surface area contributed by atoms with Crippen molar-refractivity contribution >= 4 is 27.6 Å². The number of halogens is 1. The molecule has 150 valence electrons. The van der Waals surface area contributed by atoms with E-state index < -0.39 is 22.0 Å². The number of carbonyl (C=O) groups is 1. The maximum atomic E-state index is 12.6. The van der Waals surface area contributed by atoms with E-state index >= 15 is 0 Å². The number of hydrogen-bond donors (Lipinski definition) is 2. The molecule has 0 saturated heterocycles. The Bertz CT molecular complexity index is 1090. The number of para-hydroxylation sites is 1. The molecule has 0 aliphatic heterocycles. The first kappa shape index (κ1) is 20.9. The molecule has 0 aliphatic carbocycles. The molecule has 3 aromatic carbocycles. The summed E-state index contributed by atoms with van der Waals surface area (Å²) in [6.45, 7) is 0. The molecule has 6 nitrogen and oxygen atoms in total. The molecule has 0 spiro atoms. The van der Waals surface area contributed by atoms with Crippen molar-refractivity contribution in [1.29, 1.82) is 0 Å². The number of ether oxygens (including phenoxy) is 1. The van der Waals surface area contributed by atoms with Gasteiger partial charge in [0.05, 0.1) is 9.92 Å². The highest BCUT2D eigenvalue weighted by Crippen LogP contribution is 2.29. The Morgan fingerprint density at radius 1 is 0.966 bits per heavy atom. The molecule has 0 aliphatic rings. The molecule has 3 rings (SSSR count). The van der Waals surface area contributed by atoms with Gasteiger partial charge in [0, 0.05) is 0 Å². The van der Waals surface area contributed by atoms with Crippen LogP contribution in [0.25, 0.3) is 0 Å². The number of carboxylic acid groups (broad SMARTS) is 1. The van der Waals surface area contributed by atoms with Crippen molar-refractivity contribution in [3.63, 3.8) is 0 Å². The molecule has 0 radical (unpaired) electrons. The largest absolute Gasteiger partial charge is 0.480 e. The summed E-state index contributed by atoms with van der Waals surface area (Å²) in [6.07, 6.45) is 0.0309. The minimum Gasteiger partial charge on any atom is -0.480 e. The van der Waals surface area contributed by atoms with Crippen molar-refractivity contribution in [2.24, 2.45) is 0 Å². The van der Waals surface area contributed by atoms with Gasteiger partial charge in [0.25, 0.3) is 0 Å². The van der Waals surface area contributed by atoms with Crippen LogP contribution in [0.1, 0.15) is 5.56 Å². The Morgan fingerprint density at radius 2 is 1.59 bits per heavy atom. The summed E-state index contributed by atoms with van der Waals surface area (Å²) in [5.74, 6) is -0.413. The second-order valence-electron chi connectivity index (χ2n) is 6.21. The normalized spacial score (nSPS) is 12.3. The monoisotopic (exact) mass is 431 g/mol. The minimum absolute atomic E-state index is 0.0309. The molecule has 8 heteroatoms. The van der Waals surface area contributed by atoms with Gasteiger partial charge in [0.2, 0.25) is 10.0 Å². The Balaban J connectivity index is 1.74. The van der Waals surface area contributed by atoms with Gasteiger partial charge in [-0.1, -0.05) is 54.1 Å². The van der Waals surface area contributed by atoms with E-state index in [-0.39, 0.29) is 11.3 Å². The predicted octanol–water partition coefficient (Wildman–Crippen LogP) is 4.11. The highest BCUT2D eigenvalue weighted by molar-refractivity contribution is 7.89. The van der Waals surface area contributed by atoms with E-state index in [2.05, 4.69) is 4.72 Å². The maximum absolute atomic E-state index is 12.6. The summed E-state index contributed by atoms with van der Waals surface area (Å²) in [4.78, 5) is 11.5. The lowest BCUT2D eigenvalue weighted by molar-refractivity contribution is -0.138. The van der Waals surface area contributed by atoms with Gasteiger partial charge >= 0.3 is 5.97 Å². The Kier molecular flexibility index (Phi) is 6.53. The van der Waals surface area contributed by atoms with Crippen LogP contribution >= 0.6 is 11.6 Å². The van der Waals surface area contributed by atoms with Gasteiger partial charge in [-0.3, -0.25) is 4.79 Å². The fraction of sp³-hybridized carbons (Fsp3) is 0.0952. The van der Waals surface area contributed by atoms with Gasteiger partial charge < -0.3 is 9.84 Å². The van der Waals surface area contributed by atoms with Gasteiger partial charge in [-0.2, -0.15) is 4.72 Å². The number of benzene rings is 3. The molecule has 0 saturated carbocycles. The topological polar surface area (TPSA) is 92.7 Å². The SMILES string of the molecule is O=C(O)C(Cc1ccccc1)NS(=O)(=O)c1ccc(Oc2ccccc2Cl)cc1. The van der Waals surface area contributed by atoms with E-state index in [1.807, 2.05) is 0 Å². The zero-order chi connectivity index (χ0) is 20.9. The van der Waals surface area contributed by atoms with Gasteiger partial charge in [0.1, 0.15) is 17.5 Å². The quantitative estimate of drug-likeness (QED) is 0.560. The molecule has 1 atom stereocenters. The van der Waals surface area contributed by atoms with Crippen molar-refractivity contribution in [3.8, 4) is 11.5 Å². The summed E-state index contributed by atoms with van der Waals surface area (Å²) >= 11 is 6.04. The zero-order valence-electron chi connectivity index (χ0n) is 15.2. The molecule has 29 heavy (non-hydrogen) atoms. The van der Waals surface area contributed by atoms with E-state index in [1.165, 1.54) is 24.3 Å². The third kappa shape index (κ3) is 5.57. The summed E-state index contributed by atoms with van der Waals surface area (Å²) < 4.78 is 33.1. The van der Waals surface area contributed by atoms with Crippen molar-refractivity contribution in [2.75, 3.05) is 0 Å². The maximum Gasteiger partial charge on any atom is 0.322 e. The molecule has 0 heterocycles. The summed E-state index contributed by atoms with van der Waals surface area (Å²) in [5.41, 5.74) is 0.714. The first-order valence-corrected chi connectivity index (χ1v) is 10.5. The zero-order valence-corrected chi connectivity index (χ0v) is 16.7. The number of nitrogens with one attached hydrogen (secondary N) is 1. The summed E-state index contributed by atoms with van der Waals surface area (Å²) in [5, 5.41) is 9.85. The Hall–Kier alpha value is -2.87. The van der Waals surface area contributed by atoms with Crippen LogP contribution in [0.4, 0.5) is 0 Å². The molecule has 0 amide bonds. The third-order valence-electron chi connectivity index (χ3n) is 4.08. The van der Waals surface area contributed by atoms with Crippen LogP contribution in [-0.4, -0.2) is 25.5 Å². The molecule has 0 aromatic heterocycles. The van der Waals surface area contributed by atoms with E-state index in [1.54, 1.807) is 54.6 Å². The fourth-order valence-corrected chi connectivity index (χ4v) is 3.99. The number of sulfonamides is 1. The van der Waals surface area contributed by atoms with Gasteiger partial charge in [-0.25, -0.2) is 8.42 Å². The molecule has 1 unspecified atom stereocenters. The lowest BCUT2D eigenvalue weighted by atomic mass is 10.1. The number of carboxylic acids is 1. The van der Waals surface area contributed by atoms with Gasteiger partial charge in [-0.15, -0.1) is 0 Å². The minimum atomic E-state index is -4.03. The Morgan fingerprint density at radius 3 is 2.21 bits per heavy atom. The Labute approximate surface area is 173 Å². The lowest BCUT2D eigenvalue weighted by Gasteiger charge is -2.15. The second-order valence-corrected chi connectivity index (χ2v) is 8.33. The lowest BCUT2D eigenvalue weighted by Crippen LogP contribution is -2.42. The molecular formula is C21H18ClNO5S. The second kappa shape index (κ2) is 9.09. The van der Waals surface area contributed by atoms with E-state index in [9.17, 15) is 18.3 Å². The predicted molar refractivity (Wildman–Crippen MR) is 110 cm³/mol. The van der Waals surface area contributed by atoms with Crippen LogP contribution in [0.3, 0.4) is 0 Å². The van der Waals surface area contributed by atoms with E-state index in [0.717, 1.165) is 0 Å². The van der Waals surface area contributed by atoms with Crippen LogP contribution in [0.15, 0.2) is 83.8 Å². The number of hydrogen-bond acceptors (Lipinski definition) is 4. The average Bonchev–Trinajstić information content (AvgIpc) is 2.70. The van der Waals surface area contributed by atoms with Crippen molar-refractivity contribution in [1.82, 2.24) is 4.72 Å². The van der Waals surface area contributed by atoms with Crippen LogP contribution < -0.4 is 9.46 Å². The van der Waals surface area contributed by atoms with Gasteiger partial charge in [0.15, 0.2) is 0 Å². The van der Waals surface area contributed by atoms with Crippen LogP contribution in [0.5, 0.6) is 11.5 Å². The first-order valence-electron chi connectivity index (χ1n) is 8.67. The molecule has 3 aromatic rings. The molecular weight excluding hydrogens is 414 g/mol. The smallest absolute Gasteiger partial charge is 0.322 e. The highest BCUT2D eigenvalue weighted by atomic mass is 35.5. The molecule has 0 fully saturated rings. The van der Waals surface area contributed by atoms with Crippen molar-refractivity contribution < 1.29 is 23.1 Å². The fourth-order valence-electron chi connectivity index (χ4n) is 2.63. The molecule has 2 N–H and O–H groups in total. The van der Waals surface area contributed by atoms with E-state index in [4.69, 9.17) is 16.3 Å². The summed E-state index contributed by atoms with van der Waals surface area (Å²) in [7, 11) is -4.03. The third-order valence-corrected chi connectivity index (χ3v) is 5.88. The summed E-state index contributed by atoms with van der Waals surface area (Å²) in [6, 6.07) is 20.1. The standard InChI is InChI=1S/C21H18ClNO5S/c22-18-8-4-5-9-20(18)28-16-10-12-17(13-11-16)29(26,27)23-19(21(24)25)14-15-6-2-1-3-7-15/h1-13,19,23H,14H2,(H,24,25). The molecule has 0 bridgehead atoms. The highest BCUT2D eigenvalue weighted by Gasteiger charge is 2.25. The van der Waals surface area contributed by atoms with Gasteiger partial charge in [-0.05, 0) is 48.4 Å². The van der Waals surface area contributed by atoms with Crippen LogP contribution in [0, 0.1) is 0 Å².